The monoisotopic (exact) mass is 351 g/mol. The van der Waals surface area contributed by atoms with Gasteiger partial charge in [-0.05, 0) is 37.1 Å². The highest BCUT2D eigenvalue weighted by Crippen LogP contribution is 2.36. The summed E-state index contributed by atoms with van der Waals surface area (Å²) in [6.45, 7) is 1.73. The molecule has 8 heteroatoms. The molecule has 2 unspecified atom stereocenters. The van der Waals surface area contributed by atoms with Gasteiger partial charge in [-0.1, -0.05) is 12.1 Å². The number of nitrogens with zero attached hydrogens (tertiary/aromatic N) is 3. The Hall–Kier alpha value is -2.48. The molecule has 3 rings (SSSR count). The van der Waals surface area contributed by atoms with Gasteiger partial charge in [0.1, 0.15) is 0 Å². The molecular weight excluding hydrogens is 335 g/mol. The molecule has 1 aromatic heterocycles. The number of carbonyl (C=O) groups is 1. The number of aliphatic hydroxyl groups excluding tert-OH is 1. The predicted octanol–water partition coefficient (Wildman–Crippen LogP) is 2.75. The largest absolute Gasteiger partial charge is 0.416 e. The summed E-state index contributed by atoms with van der Waals surface area (Å²) < 4.78 is 38.8. The van der Waals surface area contributed by atoms with Crippen LogP contribution in [0.5, 0.6) is 0 Å². The highest BCUT2D eigenvalue weighted by Gasteiger charge is 2.38. The van der Waals surface area contributed by atoms with Crippen LogP contribution in [0.25, 0.3) is 0 Å². The zero-order valence-electron chi connectivity index (χ0n) is 13.4. The third-order valence-corrected chi connectivity index (χ3v) is 4.12. The van der Waals surface area contributed by atoms with Gasteiger partial charge in [0.2, 0.25) is 5.82 Å². The molecule has 2 atom stereocenters. The van der Waals surface area contributed by atoms with Crippen molar-refractivity contribution in [2.45, 2.75) is 31.7 Å². The fraction of sp³-hybridized carbons (Fsp3) is 0.353. The van der Waals surface area contributed by atoms with Crippen LogP contribution in [-0.2, 0) is 6.18 Å². The molecule has 0 aliphatic carbocycles. The van der Waals surface area contributed by atoms with Crippen molar-refractivity contribution in [1.82, 2.24) is 14.9 Å². The highest BCUT2D eigenvalue weighted by molar-refractivity contribution is 5.91. The van der Waals surface area contributed by atoms with Crippen molar-refractivity contribution < 1.29 is 23.1 Å². The van der Waals surface area contributed by atoms with Gasteiger partial charge in [0.05, 0.1) is 17.7 Å². The van der Waals surface area contributed by atoms with E-state index in [4.69, 9.17) is 0 Å². The normalized spacial score (nSPS) is 20.8. The average molecular weight is 351 g/mol. The van der Waals surface area contributed by atoms with Gasteiger partial charge in [0, 0.05) is 18.4 Å². The van der Waals surface area contributed by atoms with Crippen molar-refractivity contribution in [1.29, 1.82) is 0 Å². The van der Waals surface area contributed by atoms with Gasteiger partial charge in [-0.2, -0.15) is 13.2 Å². The summed E-state index contributed by atoms with van der Waals surface area (Å²) in [6, 6.07) is 5.79. The minimum Gasteiger partial charge on any atom is -0.391 e. The topological polar surface area (TPSA) is 66.3 Å². The molecule has 132 valence electrons. The second kappa shape index (κ2) is 6.44. The number of halogens is 3. The number of hydrogen-bond donors (Lipinski definition) is 1. The Morgan fingerprint density at radius 1 is 1.32 bits per heavy atom. The number of benzene rings is 1. The van der Waals surface area contributed by atoms with Crippen molar-refractivity contribution >= 4 is 5.91 Å². The minimum atomic E-state index is -4.47. The van der Waals surface area contributed by atoms with Crippen molar-refractivity contribution in [2.24, 2.45) is 0 Å². The van der Waals surface area contributed by atoms with E-state index >= 15 is 0 Å². The number of aromatic nitrogens is 2. The van der Waals surface area contributed by atoms with Crippen molar-refractivity contribution in [3.8, 4) is 0 Å². The van der Waals surface area contributed by atoms with Gasteiger partial charge < -0.3 is 10.0 Å². The molecule has 5 nitrogen and oxygen atoms in total. The SMILES string of the molecule is Cc1ccnc(C(=O)N2CC(O)CC2c2cccc(C(F)(F)F)c2)n1. The highest BCUT2D eigenvalue weighted by atomic mass is 19.4. The first kappa shape index (κ1) is 17.3. The second-order valence-electron chi connectivity index (χ2n) is 6.01. The molecule has 1 saturated heterocycles. The Balaban J connectivity index is 1.94. The van der Waals surface area contributed by atoms with E-state index in [1.807, 2.05) is 0 Å². The molecule has 25 heavy (non-hydrogen) atoms. The number of likely N-dealkylation sites (tertiary alicyclic amines) is 1. The lowest BCUT2D eigenvalue weighted by Crippen LogP contribution is -2.33. The van der Waals surface area contributed by atoms with E-state index in [0.29, 0.717) is 11.3 Å². The molecule has 2 heterocycles. The van der Waals surface area contributed by atoms with E-state index in [1.54, 1.807) is 13.0 Å². The summed E-state index contributed by atoms with van der Waals surface area (Å²) in [5.74, 6) is -0.547. The summed E-state index contributed by atoms with van der Waals surface area (Å²) in [5, 5.41) is 9.95. The van der Waals surface area contributed by atoms with Crippen LogP contribution in [0.2, 0.25) is 0 Å². The summed E-state index contributed by atoms with van der Waals surface area (Å²) in [6.07, 6.45) is -3.67. The fourth-order valence-electron chi connectivity index (χ4n) is 2.96. The zero-order chi connectivity index (χ0) is 18.2. The van der Waals surface area contributed by atoms with Crippen LogP contribution in [0.4, 0.5) is 13.2 Å². The maximum Gasteiger partial charge on any atom is 0.416 e. The lowest BCUT2D eigenvalue weighted by atomic mass is 10.0. The maximum atomic E-state index is 12.9. The van der Waals surface area contributed by atoms with E-state index in [1.165, 1.54) is 23.2 Å². The summed E-state index contributed by atoms with van der Waals surface area (Å²) in [7, 11) is 0. The molecule has 1 aliphatic heterocycles. The fourth-order valence-corrected chi connectivity index (χ4v) is 2.96. The number of hydrogen-bond acceptors (Lipinski definition) is 4. The number of aliphatic hydroxyl groups is 1. The third-order valence-electron chi connectivity index (χ3n) is 4.12. The van der Waals surface area contributed by atoms with Crippen molar-refractivity contribution in [3.05, 3.63) is 59.2 Å². The van der Waals surface area contributed by atoms with E-state index in [9.17, 15) is 23.1 Å². The minimum absolute atomic E-state index is 0.0248. The Bertz CT molecular complexity index is 795. The first-order valence-electron chi connectivity index (χ1n) is 7.71. The van der Waals surface area contributed by atoms with Gasteiger partial charge in [-0.15, -0.1) is 0 Å². The molecule has 1 N–H and O–H groups in total. The van der Waals surface area contributed by atoms with Crippen molar-refractivity contribution in [2.75, 3.05) is 6.54 Å². The van der Waals surface area contributed by atoms with Crippen LogP contribution in [0, 0.1) is 6.92 Å². The quantitative estimate of drug-likeness (QED) is 0.904. The summed E-state index contributed by atoms with van der Waals surface area (Å²) in [4.78, 5) is 22.0. The molecule has 1 aromatic carbocycles. The first-order chi connectivity index (χ1) is 11.8. The number of rotatable bonds is 2. The number of aryl methyl sites for hydroxylation is 1. The smallest absolute Gasteiger partial charge is 0.391 e. The Kier molecular flexibility index (Phi) is 4.47. The van der Waals surface area contributed by atoms with E-state index in [2.05, 4.69) is 9.97 Å². The maximum absolute atomic E-state index is 12.9. The molecule has 0 bridgehead atoms. The number of carbonyl (C=O) groups excluding carboxylic acids is 1. The molecule has 0 saturated carbocycles. The Labute approximate surface area is 142 Å². The van der Waals surface area contributed by atoms with Crippen LogP contribution < -0.4 is 0 Å². The van der Waals surface area contributed by atoms with E-state index in [-0.39, 0.29) is 18.8 Å². The van der Waals surface area contributed by atoms with Gasteiger partial charge in [0.25, 0.3) is 5.91 Å². The van der Waals surface area contributed by atoms with Gasteiger partial charge in [-0.25, -0.2) is 9.97 Å². The molecule has 2 aromatic rings. The number of β-amino-alcohol motifs (C(OH)–C–C–N with tert-alkyl or cyclic N) is 1. The van der Waals surface area contributed by atoms with Crippen LogP contribution in [-0.4, -0.2) is 38.5 Å². The number of amides is 1. The van der Waals surface area contributed by atoms with E-state index < -0.39 is 29.8 Å². The molecule has 0 radical (unpaired) electrons. The number of alkyl halides is 3. The summed E-state index contributed by atoms with van der Waals surface area (Å²) >= 11 is 0. The van der Waals surface area contributed by atoms with Crippen LogP contribution in [0.3, 0.4) is 0 Å². The third kappa shape index (κ3) is 3.63. The van der Waals surface area contributed by atoms with E-state index in [0.717, 1.165) is 12.1 Å². The Morgan fingerprint density at radius 3 is 2.76 bits per heavy atom. The molecule has 1 aliphatic rings. The lowest BCUT2D eigenvalue weighted by Gasteiger charge is -2.24. The molecule has 1 amide bonds. The van der Waals surface area contributed by atoms with Gasteiger partial charge in [0.15, 0.2) is 0 Å². The predicted molar refractivity (Wildman–Crippen MR) is 82.6 cm³/mol. The standard InChI is InChI=1S/C17H16F3N3O2/c1-10-5-6-21-15(22-10)16(25)23-9-13(24)8-14(23)11-3-2-4-12(7-11)17(18,19)20/h2-7,13-14,24H,8-9H2,1H3. The lowest BCUT2D eigenvalue weighted by molar-refractivity contribution is -0.137. The Morgan fingerprint density at radius 2 is 2.08 bits per heavy atom. The van der Waals surface area contributed by atoms with Gasteiger partial charge in [-0.3, -0.25) is 4.79 Å². The average Bonchev–Trinajstić information content (AvgIpc) is 2.95. The van der Waals surface area contributed by atoms with Crippen LogP contribution >= 0.6 is 0 Å². The van der Waals surface area contributed by atoms with Crippen LogP contribution in [0.1, 0.15) is 39.9 Å². The summed E-state index contributed by atoms with van der Waals surface area (Å²) in [5.41, 5.74) is 0.145. The molecule has 1 fully saturated rings. The molecule has 0 spiro atoms. The second-order valence-corrected chi connectivity index (χ2v) is 6.01. The van der Waals surface area contributed by atoms with Crippen LogP contribution in [0.15, 0.2) is 36.5 Å². The first-order valence-corrected chi connectivity index (χ1v) is 7.71. The molecular formula is C17H16F3N3O2. The van der Waals surface area contributed by atoms with Crippen molar-refractivity contribution in [3.63, 3.8) is 0 Å². The zero-order valence-corrected chi connectivity index (χ0v) is 13.4. The van der Waals surface area contributed by atoms with Gasteiger partial charge >= 0.3 is 6.18 Å².